The summed E-state index contributed by atoms with van der Waals surface area (Å²) in [4.78, 5) is 67.4. The maximum atomic E-state index is 13.0. The van der Waals surface area contributed by atoms with Gasteiger partial charge in [-0.1, -0.05) is 29.8 Å². The summed E-state index contributed by atoms with van der Waals surface area (Å²) < 4.78 is 46.9. The van der Waals surface area contributed by atoms with Crippen LogP contribution in [-0.4, -0.2) is 193 Å². The second-order valence-electron chi connectivity index (χ2n) is 19.5. The van der Waals surface area contributed by atoms with Gasteiger partial charge in [0.25, 0.3) is 5.91 Å². The van der Waals surface area contributed by atoms with Crippen LogP contribution in [0.15, 0.2) is 66.9 Å². The number of nitrogens with one attached hydrogen (secondary N) is 4. The third-order valence-corrected chi connectivity index (χ3v) is 15.8. The van der Waals surface area contributed by atoms with Crippen molar-refractivity contribution in [3.8, 4) is 5.75 Å². The van der Waals surface area contributed by atoms with E-state index in [1.54, 1.807) is 31.4 Å². The van der Waals surface area contributed by atoms with E-state index in [4.69, 9.17) is 40.0 Å². The molecule has 4 aliphatic heterocycles. The van der Waals surface area contributed by atoms with Gasteiger partial charge in [0, 0.05) is 98.7 Å². The van der Waals surface area contributed by atoms with Crippen LogP contribution in [0.4, 0.5) is 34.5 Å². The zero-order valence-corrected chi connectivity index (χ0v) is 45.9. The molecule has 8 rings (SSSR count). The van der Waals surface area contributed by atoms with Crippen molar-refractivity contribution >= 4 is 82.2 Å². The number of piperazine rings is 1. The zero-order valence-electron chi connectivity index (χ0n) is 44.3. The van der Waals surface area contributed by atoms with Gasteiger partial charge in [0.05, 0.1) is 97.2 Å². The monoisotopic (exact) mass is 1100 g/mol. The lowest BCUT2D eigenvalue weighted by Crippen LogP contribution is -2.54. The molecule has 1 atom stereocenters. The lowest BCUT2D eigenvalue weighted by molar-refractivity contribution is -0.137. The van der Waals surface area contributed by atoms with Gasteiger partial charge in [0.1, 0.15) is 24.0 Å². The molecule has 3 fully saturated rings. The number of hydrogen-bond donors (Lipinski definition) is 4. The van der Waals surface area contributed by atoms with Gasteiger partial charge >= 0.3 is 0 Å². The van der Waals surface area contributed by atoms with Crippen LogP contribution < -0.4 is 36.2 Å². The predicted molar refractivity (Wildman–Crippen MR) is 295 cm³/mol. The first-order chi connectivity index (χ1) is 37.4. The number of methoxy groups -OCH3 is 1. The van der Waals surface area contributed by atoms with Gasteiger partial charge in [-0.05, 0) is 69.0 Å². The average Bonchev–Trinajstić information content (AvgIpc) is 3.78. The number of aromatic nitrogens is 2. The van der Waals surface area contributed by atoms with Crippen LogP contribution in [0.5, 0.6) is 5.75 Å². The van der Waals surface area contributed by atoms with Crippen LogP contribution in [0.2, 0.25) is 5.02 Å². The third-order valence-electron chi connectivity index (χ3n) is 14.0. The fourth-order valence-corrected chi connectivity index (χ4v) is 11.2. The molecule has 416 valence electrons. The Hall–Kier alpha value is -5.90. The van der Waals surface area contributed by atoms with Crippen molar-refractivity contribution in [2.75, 3.05) is 153 Å². The number of hydrogen-bond acceptors (Lipinski definition) is 18. The van der Waals surface area contributed by atoms with E-state index in [-0.39, 0.29) is 24.1 Å². The predicted octanol–water partition coefficient (Wildman–Crippen LogP) is 5.33. The van der Waals surface area contributed by atoms with E-state index in [0.29, 0.717) is 156 Å². The van der Waals surface area contributed by atoms with Crippen molar-refractivity contribution in [2.24, 2.45) is 0 Å². The number of anilines is 6. The van der Waals surface area contributed by atoms with Crippen molar-refractivity contribution in [3.63, 3.8) is 0 Å². The highest BCUT2D eigenvalue weighted by Crippen LogP contribution is 2.39. The second kappa shape index (κ2) is 28.1. The molecule has 21 nitrogen and oxygen atoms in total. The molecule has 77 heavy (non-hydrogen) atoms. The summed E-state index contributed by atoms with van der Waals surface area (Å²) in [6.45, 7) is 13.5. The average molecular weight is 1100 g/mol. The highest BCUT2D eigenvalue weighted by molar-refractivity contribution is 7.70. The number of rotatable bonds is 28. The Balaban J connectivity index is 0.615. The molecule has 0 spiro atoms. The van der Waals surface area contributed by atoms with E-state index in [2.05, 4.69) is 47.1 Å². The first-order valence-electron chi connectivity index (χ1n) is 26.4. The number of fused-ring (bicyclic) bond motifs is 1. The Bertz CT molecular complexity index is 2700. The summed E-state index contributed by atoms with van der Waals surface area (Å²) in [6, 6.07) is 18.8. The van der Waals surface area contributed by atoms with Crippen molar-refractivity contribution in [1.29, 1.82) is 0 Å². The molecule has 1 aromatic heterocycles. The van der Waals surface area contributed by atoms with E-state index in [9.17, 15) is 23.7 Å². The molecule has 1 unspecified atom stereocenters. The molecular formula is C54H72ClN10O11P. The molecular weight excluding hydrogens is 1030 g/mol. The summed E-state index contributed by atoms with van der Waals surface area (Å²) in [5, 5.41) is 13.2. The number of nitrogens with zero attached hydrogens (tertiary/aromatic N) is 6. The molecule has 0 saturated carbocycles. The fourth-order valence-electron chi connectivity index (χ4n) is 9.93. The maximum Gasteiger partial charge on any atom is 0.255 e. The number of benzene rings is 3. The van der Waals surface area contributed by atoms with E-state index < -0.39 is 19.1 Å². The lowest BCUT2D eigenvalue weighted by atomic mass is 10.0. The van der Waals surface area contributed by atoms with Crippen molar-refractivity contribution in [3.05, 3.63) is 83.0 Å². The normalized spacial score (nSPS) is 17.4. The van der Waals surface area contributed by atoms with Gasteiger partial charge in [-0.2, -0.15) is 4.98 Å². The first kappa shape index (κ1) is 57.3. The van der Waals surface area contributed by atoms with E-state index >= 15 is 0 Å². The Kier molecular flexibility index (Phi) is 20.9. The molecule has 4 N–H and O–H groups in total. The maximum absolute atomic E-state index is 13.0. The Labute approximate surface area is 455 Å². The Morgan fingerprint density at radius 1 is 0.766 bits per heavy atom. The first-order valence-corrected chi connectivity index (χ1v) is 29.4. The zero-order chi connectivity index (χ0) is 54.2. The van der Waals surface area contributed by atoms with Crippen molar-refractivity contribution < 1.29 is 52.2 Å². The SMILES string of the molecule is COc1cc(N2CCC(N3CCN(C(=O)CCOCCOCCOCCOCCOCCNc4cccc5c4CN(C4CCC(=O)NC4=O)C5=O)CC3)CC2)ccc1Nc1ncc(Cl)c(Nc2ccccc2P(C)(C)=O)n1. The minimum absolute atomic E-state index is 0.117. The van der Waals surface area contributed by atoms with Gasteiger partial charge in [0.15, 0.2) is 5.82 Å². The molecule has 0 bridgehead atoms. The smallest absolute Gasteiger partial charge is 0.255 e. The van der Waals surface area contributed by atoms with Crippen LogP contribution in [0.3, 0.4) is 0 Å². The van der Waals surface area contributed by atoms with E-state index in [1.807, 2.05) is 53.4 Å². The molecule has 4 aromatic rings. The van der Waals surface area contributed by atoms with E-state index in [1.165, 1.54) is 6.20 Å². The third kappa shape index (κ3) is 15.9. The molecule has 5 heterocycles. The number of piperidine rings is 2. The largest absolute Gasteiger partial charge is 0.494 e. The summed E-state index contributed by atoms with van der Waals surface area (Å²) in [5.74, 6) is 0.556. The van der Waals surface area contributed by atoms with Crippen LogP contribution >= 0.6 is 18.7 Å². The molecule has 4 aliphatic rings. The van der Waals surface area contributed by atoms with Gasteiger partial charge < -0.3 is 63.6 Å². The summed E-state index contributed by atoms with van der Waals surface area (Å²) in [7, 11) is -0.920. The van der Waals surface area contributed by atoms with Crippen LogP contribution in [-0.2, 0) is 49.2 Å². The minimum Gasteiger partial charge on any atom is -0.494 e. The quantitative estimate of drug-likeness (QED) is 0.0320. The summed E-state index contributed by atoms with van der Waals surface area (Å²) in [5.41, 5.74) is 4.68. The molecule has 0 radical (unpaired) electrons. The number of carbonyl (C=O) groups is 4. The number of para-hydroxylation sites is 1. The number of amides is 4. The molecule has 4 amide bonds. The molecule has 0 aliphatic carbocycles. The summed E-state index contributed by atoms with van der Waals surface area (Å²) in [6.07, 6.45) is 4.46. The molecule has 3 saturated heterocycles. The Morgan fingerprint density at radius 3 is 2.10 bits per heavy atom. The number of imide groups is 1. The van der Waals surface area contributed by atoms with Crippen molar-refractivity contribution in [1.82, 2.24) is 30.0 Å². The molecule has 23 heteroatoms. The van der Waals surface area contributed by atoms with Gasteiger partial charge in [0.2, 0.25) is 23.7 Å². The minimum atomic E-state index is -2.56. The highest BCUT2D eigenvalue weighted by atomic mass is 35.5. The standard InChI is InChI=1S/C54H72ClN10O11P/c1-71-47-35-39(11-12-44(47)59-54-57-36-42(55)51(61-54)58-45-8-4-5-10-48(45)77(2,3)70)62-19-15-38(16-20-62)63-21-23-64(24-22-63)50(67)17-25-72-27-29-74-31-33-76-34-32-75-30-28-73-26-18-56-43-9-6-7-40-41(43)37-65(53(40)69)46-13-14-49(66)60-52(46)68/h4-12,35-36,38,46,56H,13-34,37H2,1-3H3,(H,60,66,68)(H2,57,58,59,61). The number of carbonyl (C=O) groups excluding carboxylic acids is 4. The lowest BCUT2D eigenvalue weighted by Gasteiger charge is -2.43. The molecule has 3 aromatic carbocycles. The summed E-state index contributed by atoms with van der Waals surface area (Å²) >= 11 is 6.49. The highest BCUT2D eigenvalue weighted by Gasteiger charge is 2.40. The van der Waals surface area contributed by atoms with E-state index in [0.717, 1.165) is 56.0 Å². The second-order valence-corrected chi connectivity index (χ2v) is 23.1. The van der Waals surface area contributed by atoms with Gasteiger partial charge in [-0.3, -0.25) is 29.4 Å². The van der Waals surface area contributed by atoms with Crippen LogP contribution in [0.1, 0.15) is 48.0 Å². The van der Waals surface area contributed by atoms with Crippen molar-refractivity contribution in [2.45, 2.75) is 50.7 Å². The fraction of sp³-hybridized carbons (Fsp3) is 0.519. The van der Waals surface area contributed by atoms with Crippen LogP contribution in [0, 0.1) is 0 Å². The van der Waals surface area contributed by atoms with Gasteiger partial charge in [-0.25, -0.2) is 4.98 Å². The topological polar surface area (TPSA) is 228 Å². The number of ether oxygens (including phenoxy) is 6. The number of halogens is 1. The van der Waals surface area contributed by atoms with Crippen LogP contribution in [0.25, 0.3) is 0 Å². The van der Waals surface area contributed by atoms with Gasteiger partial charge in [-0.15, -0.1) is 0 Å². The Morgan fingerprint density at radius 2 is 1.43 bits per heavy atom.